The van der Waals surface area contributed by atoms with Gasteiger partial charge in [0.05, 0.1) is 6.54 Å². The Balaban J connectivity index is 2.05. The van der Waals surface area contributed by atoms with Gasteiger partial charge in [0.1, 0.15) is 6.04 Å². The van der Waals surface area contributed by atoms with Crippen molar-refractivity contribution in [3.8, 4) is 0 Å². The van der Waals surface area contributed by atoms with Gasteiger partial charge in [0, 0.05) is 11.3 Å². The summed E-state index contributed by atoms with van der Waals surface area (Å²) >= 11 is 1.82. The molecular weight excluding hydrogens is 248 g/mol. The molecular formula is C13H22N2O2S. The van der Waals surface area contributed by atoms with Gasteiger partial charge < -0.3 is 10.2 Å². The second kappa shape index (κ2) is 5.11. The first-order chi connectivity index (χ1) is 8.51. The number of nitrogens with zero attached hydrogens (tertiary/aromatic N) is 1. The standard InChI is InChI=1S/C13H22N2O2S/c1-4-9(2)11-12(17)15(7-10(16)14-11)8-13(18-3)5-6-13/h9,11H,4-8H2,1-3H3,(H,14,16). The molecule has 2 aliphatic rings. The molecule has 102 valence electrons. The highest BCUT2D eigenvalue weighted by Gasteiger charge is 2.46. The molecule has 0 aromatic heterocycles. The SMILES string of the molecule is CCC(C)C1NC(=O)CN(CC2(SC)CC2)C1=O. The van der Waals surface area contributed by atoms with Crippen LogP contribution in [0.2, 0.25) is 0 Å². The molecule has 4 nitrogen and oxygen atoms in total. The van der Waals surface area contributed by atoms with E-state index in [1.807, 2.05) is 25.6 Å². The Morgan fingerprint density at radius 3 is 2.67 bits per heavy atom. The van der Waals surface area contributed by atoms with Crippen LogP contribution < -0.4 is 5.32 Å². The molecule has 0 aromatic rings. The Kier molecular flexibility index (Phi) is 3.90. The summed E-state index contributed by atoms with van der Waals surface area (Å²) in [5.41, 5.74) is 0. The maximum absolute atomic E-state index is 12.4. The molecule has 2 amide bonds. The van der Waals surface area contributed by atoms with Gasteiger partial charge in [-0.3, -0.25) is 9.59 Å². The van der Waals surface area contributed by atoms with Crippen LogP contribution in [0.4, 0.5) is 0 Å². The minimum atomic E-state index is -0.325. The number of thioether (sulfide) groups is 1. The van der Waals surface area contributed by atoms with Crippen LogP contribution in [0, 0.1) is 5.92 Å². The molecule has 2 unspecified atom stereocenters. The number of amides is 2. The quantitative estimate of drug-likeness (QED) is 0.818. The molecule has 1 saturated carbocycles. The van der Waals surface area contributed by atoms with Crippen LogP contribution in [0.1, 0.15) is 33.1 Å². The van der Waals surface area contributed by atoms with E-state index in [9.17, 15) is 9.59 Å². The summed E-state index contributed by atoms with van der Waals surface area (Å²) in [5, 5.41) is 2.83. The van der Waals surface area contributed by atoms with Crippen molar-refractivity contribution in [3.63, 3.8) is 0 Å². The van der Waals surface area contributed by atoms with E-state index >= 15 is 0 Å². The zero-order valence-electron chi connectivity index (χ0n) is 11.4. The third kappa shape index (κ3) is 2.66. The van der Waals surface area contributed by atoms with Crippen LogP contribution in [0.25, 0.3) is 0 Å². The van der Waals surface area contributed by atoms with Crippen LogP contribution >= 0.6 is 11.8 Å². The van der Waals surface area contributed by atoms with Gasteiger partial charge in [-0.2, -0.15) is 11.8 Å². The molecule has 0 aromatic carbocycles. The maximum atomic E-state index is 12.4. The normalized spacial score (nSPS) is 27.9. The minimum absolute atomic E-state index is 0.0168. The smallest absolute Gasteiger partial charge is 0.245 e. The Morgan fingerprint density at radius 1 is 1.50 bits per heavy atom. The monoisotopic (exact) mass is 270 g/mol. The molecule has 0 bridgehead atoms. The van der Waals surface area contributed by atoms with Gasteiger partial charge >= 0.3 is 0 Å². The Labute approximate surface area is 113 Å². The lowest BCUT2D eigenvalue weighted by atomic mass is 9.96. The fraction of sp³-hybridized carbons (Fsp3) is 0.846. The van der Waals surface area contributed by atoms with Crippen molar-refractivity contribution in [2.75, 3.05) is 19.3 Å². The zero-order chi connectivity index (χ0) is 13.3. The van der Waals surface area contributed by atoms with E-state index in [1.54, 1.807) is 4.90 Å². The lowest BCUT2D eigenvalue weighted by molar-refractivity contribution is -0.145. The van der Waals surface area contributed by atoms with Crippen LogP contribution in [-0.4, -0.2) is 46.8 Å². The lowest BCUT2D eigenvalue weighted by Crippen LogP contribution is -2.61. The number of piperazine rings is 1. The molecule has 1 saturated heterocycles. The third-order valence-corrected chi connectivity index (χ3v) is 5.56. The molecule has 2 atom stereocenters. The van der Waals surface area contributed by atoms with Crippen molar-refractivity contribution >= 4 is 23.6 Å². The lowest BCUT2D eigenvalue weighted by Gasteiger charge is -2.36. The van der Waals surface area contributed by atoms with E-state index in [2.05, 4.69) is 11.6 Å². The van der Waals surface area contributed by atoms with Crippen molar-refractivity contribution in [1.29, 1.82) is 0 Å². The van der Waals surface area contributed by atoms with Crippen molar-refractivity contribution < 1.29 is 9.59 Å². The van der Waals surface area contributed by atoms with Gasteiger partial charge in [-0.05, 0) is 25.0 Å². The fourth-order valence-electron chi connectivity index (χ4n) is 2.40. The average molecular weight is 270 g/mol. The second-order valence-corrected chi connectivity index (χ2v) is 6.79. The minimum Gasteiger partial charge on any atom is -0.342 e. The molecule has 1 heterocycles. The van der Waals surface area contributed by atoms with Crippen LogP contribution in [0.5, 0.6) is 0 Å². The van der Waals surface area contributed by atoms with Crippen molar-refractivity contribution in [2.45, 2.75) is 43.9 Å². The van der Waals surface area contributed by atoms with Gasteiger partial charge in [-0.15, -0.1) is 0 Å². The van der Waals surface area contributed by atoms with Gasteiger partial charge in [-0.25, -0.2) is 0 Å². The first kappa shape index (κ1) is 13.7. The summed E-state index contributed by atoms with van der Waals surface area (Å²) < 4.78 is 0.229. The number of hydrogen-bond donors (Lipinski definition) is 1. The molecule has 18 heavy (non-hydrogen) atoms. The molecule has 2 fully saturated rings. The van der Waals surface area contributed by atoms with E-state index in [4.69, 9.17) is 0 Å². The summed E-state index contributed by atoms with van der Waals surface area (Å²) in [6.07, 6.45) is 5.31. The Hall–Kier alpha value is -0.710. The van der Waals surface area contributed by atoms with Gasteiger partial charge in [0.25, 0.3) is 0 Å². The largest absolute Gasteiger partial charge is 0.342 e. The van der Waals surface area contributed by atoms with E-state index in [0.29, 0.717) is 0 Å². The van der Waals surface area contributed by atoms with Crippen molar-refractivity contribution in [2.24, 2.45) is 5.92 Å². The number of rotatable bonds is 5. The molecule has 0 radical (unpaired) electrons. The number of carbonyl (C=O) groups is 2. The third-order valence-electron chi connectivity index (χ3n) is 4.16. The summed E-state index contributed by atoms with van der Waals surface area (Å²) in [7, 11) is 0. The van der Waals surface area contributed by atoms with Crippen LogP contribution in [0.15, 0.2) is 0 Å². The van der Waals surface area contributed by atoms with Crippen LogP contribution in [0.3, 0.4) is 0 Å². The maximum Gasteiger partial charge on any atom is 0.245 e. The van der Waals surface area contributed by atoms with Gasteiger partial charge in [0.15, 0.2) is 0 Å². The number of carbonyl (C=O) groups excluding carboxylic acids is 2. The van der Waals surface area contributed by atoms with E-state index < -0.39 is 0 Å². The Bertz CT molecular complexity index is 355. The van der Waals surface area contributed by atoms with Gasteiger partial charge in [-0.1, -0.05) is 20.3 Å². The number of hydrogen-bond acceptors (Lipinski definition) is 3. The molecule has 0 spiro atoms. The predicted octanol–water partition coefficient (Wildman–Crippen LogP) is 1.26. The molecule has 2 rings (SSSR count). The Morgan fingerprint density at radius 2 is 2.17 bits per heavy atom. The van der Waals surface area contributed by atoms with E-state index in [-0.39, 0.29) is 35.1 Å². The predicted molar refractivity (Wildman–Crippen MR) is 73.4 cm³/mol. The zero-order valence-corrected chi connectivity index (χ0v) is 12.2. The fourth-order valence-corrected chi connectivity index (χ4v) is 3.19. The highest BCUT2D eigenvalue weighted by atomic mass is 32.2. The van der Waals surface area contributed by atoms with E-state index in [0.717, 1.165) is 25.8 Å². The molecule has 5 heteroatoms. The summed E-state index contributed by atoms with van der Waals surface area (Å²) in [6.45, 7) is 5.03. The number of nitrogens with one attached hydrogen (secondary N) is 1. The van der Waals surface area contributed by atoms with E-state index in [1.165, 1.54) is 0 Å². The summed E-state index contributed by atoms with van der Waals surface area (Å²) in [4.78, 5) is 25.9. The van der Waals surface area contributed by atoms with Crippen molar-refractivity contribution in [1.82, 2.24) is 10.2 Å². The topological polar surface area (TPSA) is 49.4 Å². The molecule has 1 aliphatic heterocycles. The first-order valence-electron chi connectivity index (χ1n) is 6.64. The van der Waals surface area contributed by atoms with Crippen molar-refractivity contribution in [3.05, 3.63) is 0 Å². The highest BCUT2D eigenvalue weighted by molar-refractivity contribution is 8.00. The second-order valence-electron chi connectivity index (χ2n) is 5.51. The molecule has 1 aliphatic carbocycles. The summed E-state index contributed by atoms with van der Waals surface area (Å²) in [5.74, 6) is 0.287. The summed E-state index contributed by atoms with van der Waals surface area (Å²) in [6, 6.07) is -0.325. The first-order valence-corrected chi connectivity index (χ1v) is 7.87. The highest BCUT2D eigenvalue weighted by Crippen LogP contribution is 2.47. The molecule has 1 N–H and O–H groups in total. The van der Waals surface area contributed by atoms with Gasteiger partial charge in [0.2, 0.25) is 11.8 Å². The van der Waals surface area contributed by atoms with Crippen LogP contribution in [-0.2, 0) is 9.59 Å². The average Bonchev–Trinajstić information content (AvgIpc) is 3.13.